The van der Waals surface area contributed by atoms with Crippen LogP contribution in [0, 0.1) is 5.82 Å². The summed E-state index contributed by atoms with van der Waals surface area (Å²) in [6, 6.07) is 2.20. The van der Waals surface area contributed by atoms with E-state index in [4.69, 9.17) is 21.3 Å². The molecule has 0 bridgehead atoms. The minimum absolute atomic E-state index is 0.0662. The van der Waals surface area contributed by atoms with Crippen molar-refractivity contribution in [2.75, 3.05) is 53.4 Å². The molecule has 4 aliphatic rings. The van der Waals surface area contributed by atoms with Crippen molar-refractivity contribution in [3.8, 4) is 0 Å². The molecule has 0 spiro atoms. The lowest BCUT2D eigenvalue weighted by atomic mass is 9.95. The molecule has 2 amide bonds. The number of aromatic nitrogens is 1. The predicted molar refractivity (Wildman–Crippen MR) is 156 cm³/mol. The molecule has 2 unspecified atom stereocenters. The van der Waals surface area contributed by atoms with Gasteiger partial charge in [-0.2, -0.15) is 0 Å². The number of rotatable bonds is 7. The van der Waals surface area contributed by atoms with Crippen LogP contribution in [0.5, 0.6) is 0 Å². The number of carboxylic acid groups (broad SMARTS) is 1. The lowest BCUT2D eigenvalue weighted by molar-refractivity contribution is -0.141. The van der Waals surface area contributed by atoms with Gasteiger partial charge >= 0.3 is 18.0 Å². The van der Waals surface area contributed by atoms with Crippen molar-refractivity contribution in [2.24, 2.45) is 4.99 Å². The number of nitrogens with zero attached hydrogens (tertiary/aromatic N) is 6. The summed E-state index contributed by atoms with van der Waals surface area (Å²) in [6.07, 6.45) is 2.06. The van der Waals surface area contributed by atoms with Gasteiger partial charge in [-0.3, -0.25) is 19.6 Å². The fraction of sp³-hybridized carbons (Fsp3) is 0.464. The maximum atomic E-state index is 13.9. The van der Waals surface area contributed by atoms with E-state index in [1.165, 1.54) is 36.6 Å². The van der Waals surface area contributed by atoms with Crippen molar-refractivity contribution in [3.05, 3.63) is 62.5 Å². The van der Waals surface area contributed by atoms with Gasteiger partial charge < -0.3 is 25.0 Å². The zero-order chi connectivity index (χ0) is 30.4. The average Bonchev–Trinajstić information content (AvgIpc) is 3.72. The monoisotopic (exact) mass is 631 g/mol. The quantitative estimate of drug-likeness (QED) is 0.441. The summed E-state index contributed by atoms with van der Waals surface area (Å²) in [6.45, 7) is 2.94. The Balaban J connectivity index is 1.26. The van der Waals surface area contributed by atoms with Crippen molar-refractivity contribution in [1.29, 1.82) is 0 Å². The minimum atomic E-state index is -0.879. The molecule has 0 saturated carbocycles. The maximum absolute atomic E-state index is 13.9. The smallest absolute Gasteiger partial charge is 0.338 e. The molecule has 4 aliphatic heterocycles. The SMILES string of the molecule is COC(=O)C1=C(CN2CCN3C(=O)N([C@H]4C[C@H](C(=O)O)N(C)C4)CC3C2)NC(c2nccs2)=NC1c1ccc(F)cc1Cl. The molecular formula is C28H31ClFN7O5S. The fourth-order valence-electron chi connectivity index (χ4n) is 6.43. The molecule has 3 fully saturated rings. The molecule has 3 saturated heterocycles. The summed E-state index contributed by atoms with van der Waals surface area (Å²) < 4.78 is 19.1. The van der Waals surface area contributed by atoms with Gasteiger partial charge in [-0.05, 0) is 25.6 Å². The number of amides is 2. The van der Waals surface area contributed by atoms with E-state index in [2.05, 4.69) is 15.2 Å². The maximum Gasteiger partial charge on any atom is 0.338 e. The summed E-state index contributed by atoms with van der Waals surface area (Å²) in [5.41, 5.74) is 1.28. The topological polar surface area (TPSA) is 131 Å². The molecule has 43 heavy (non-hydrogen) atoms. The number of halogens is 2. The number of hydrogen-bond donors (Lipinski definition) is 2. The Bertz CT molecular complexity index is 1500. The molecule has 12 nitrogen and oxygen atoms in total. The zero-order valence-corrected chi connectivity index (χ0v) is 25.1. The molecule has 1 aromatic carbocycles. The normalized spacial score (nSPS) is 26.4. The van der Waals surface area contributed by atoms with E-state index >= 15 is 0 Å². The van der Waals surface area contributed by atoms with Gasteiger partial charge in [-0.1, -0.05) is 17.7 Å². The summed E-state index contributed by atoms with van der Waals surface area (Å²) in [7, 11) is 3.07. The van der Waals surface area contributed by atoms with Crippen molar-refractivity contribution in [3.63, 3.8) is 0 Å². The van der Waals surface area contributed by atoms with E-state index < -0.39 is 29.8 Å². The second-order valence-electron chi connectivity index (χ2n) is 11.1. The number of carboxylic acids is 1. The molecule has 2 N–H and O–H groups in total. The number of piperazine rings is 1. The first-order chi connectivity index (χ1) is 20.6. The molecular weight excluding hydrogens is 601 g/mol. The highest BCUT2D eigenvalue weighted by molar-refractivity contribution is 7.11. The van der Waals surface area contributed by atoms with E-state index in [1.807, 2.05) is 15.2 Å². The lowest BCUT2D eigenvalue weighted by Gasteiger charge is -2.38. The van der Waals surface area contributed by atoms with E-state index in [1.54, 1.807) is 18.1 Å². The number of benzene rings is 1. The Kier molecular flexibility index (Phi) is 8.11. The van der Waals surface area contributed by atoms with Gasteiger partial charge in [0.15, 0.2) is 10.8 Å². The number of nitrogens with one attached hydrogen (secondary N) is 1. The van der Waals surface area contributed by atoms with Crippen LogP contribution in [0.3, 0.4) is 0 Å². The summed E-state index contributed by atoms with van der Waals surface area (Å²) in [5, 5.41) is 15.4. The third kappa shape index (κ3) is 5.59. The van der Waals surface area contributed by atoms with E-state index in [0.29, 0.717) is 67.8 Å². The second kappa shape index (κ2) is 11.8. The largest absolute Gasteiger partial charge is 0.480 e. The molecule has 0 radical (unpaired) electrons. The number of aliphatic carboxylic acids is 1. The number of fused-ring (bicyclic) bond motifs is 1. The molecule has 4 atom stereocenters. The van der Waals surface area contributed by atoms with E-state index in [0.717, 1.165) is 0 Å². The number of esters is 1. The van der Waals surface area contributed by atoms with E-state index in [-0.39, 0.29) is 28.7 Å². The van der Waals surface area contributed by atoms with Crippen LogP contribution in [0.25, 0.3) is 0 Å². The number of carbonyl (C=O) groups excluding carboxylic acids is 2. The number of amidine groups is 1. The van der Waals surface area contributed by atoms with Gasteiger partial charge in [0.25, 0.3) is 0 Å². The van der Waals surface area contributed by atoms with Gasteiger partial charge in [0.05, 0.1) is 18.7 Å². The van der Waals surface area contributed by atoms with Gasteiger partial charge in [0, 0.05) is 73.2 Å². The van der Waals surface area contributed by atoms with Crippen LogP contribution in [0.15, 0.2) is 46.0 Å². The van der Waals surface area contributed by atoms with Crippen LogP contribution in [0.4, 0.5) is 9.18 Å². The summed E-state index contributed by atoms with van der Waals surface area (Å²) in [4.78, 5) is 55.0. The number of methoxy groups -OCH3 is 1. The zero-order valence-electron chi connectivity index (χ0n) is 23.6. The third-order valence-electron chi connectivity index (χ3n) is 8.52. The average molecular weight is 632 g/mol. The standard InChI is InChI=1S/C28H31ClFN7O5S/c1-34-11-16(10-21(34)26(38)39)37-13-17-12-35(6-7-36(17)28(37)41)14-20-22(27(40)42-2)23(18-4-3-15(30)9-19(18)29)33-24(32-20)25-31-5-8-43-25/h3-5,8-9,16-17,21,23H,6-7,10-14H2,1-2H3,(H,32,33)(H,38,39)/t16-,17?,21+,23?/m0/s1. The molecule has 228 valence electrons. The summed E-state index contributed by atoms with van der Waals surface area (Å²) in [5.74, 6) is -1.51. The van der Waals surface area contributed by atoms with Gasteiger partial charge in [0.2, 0.25) is 0 Å². The Morgan fingerprint density at radius 3 is 2.70 bits per heavy atom. The van der Waals surface area contributed by atoms with Gasteiger partial charge in [-0.25, -0.2) is 19.0 Å². The van der Waals surface area contributed by atoms with Crippen LogP contribution < -0.4 is 5.32 Å². The highest BCUT2D eigenvalue weighted by Crippen LogP contribution is 2.37. The Morgan fingerprint density at radius 2 is 2.02 bits per heavy atom. The Hall–Kier alpha value is -3.59. The first kappa shape index (κ1) is 29.5. The Morgan fingerprint density at radius 1 is 1.21 bits per heavy atom. The second-order valence-corrected chi connectivity index (χ2v) is 12.4. The first-order valence-electron chi connectivity index (χ1n) is 13.9. The number of likely N-dealkylation sites (tertiary alicyclic amines) is 1. The molecule has 5 heterocycles. The number of thiazole rings is 1. The van der Waals surface area contributed by atoms with Crippen molar-refractivity contribution in [1.82, 2.24) is 29.9 Å². The highest BCUT2D eigenvalue weighted by Gasteiger charge is 2.47. The van der Waals surface area contributed by atoms with Crippen molar-refractivity contribution >= 4 is 46.7 Å². The Labute approximate surface area is 256 Å². The lowest BCUT2D eigenvalue weighted by Crippen LogP contribution is -2.53. The number of urea groups is 1. The molecule has 15 heteroatoms. The van der Waals surface area contributed by atoms with Crippen LogP contribution in [0.1, 0.15) is 23.0 Å². The van der Waals surface area contributed by atoms with Crippen LogP contribution in [-0.4, -0.2) is 125 Å². The first-order valence-corrected chi connectivity index (χ1v) is 15.1. The highest BCUT2D eigenvalue weighted by atomic mass is 35.5. The van der Waals surface area contributed by atoms with Crippen molar-refractivity contribution in [2.45, 2.75) is 30.6 Å². The molecule has 2 aromatic rings. The minimum Gasteiger partial charge on any atom is -0.480 e. The number of hydrogen-bond acceptors (Lipinski definition) is 10. The van der Waals surface area contributed by atoms with Crippen LogP contribution >= 0.6 is 22.9 Å². The summed E-state index contributed by atoms with van der Waals surface area (Å²) >= 11 is 7.84. The molecule has 6 rings (SSSR count). The number of aliphatic imine (C=N–C) groups is 1. The molecule has 0 aliphatic carbocycles. The van der Waals surface area contributed by atoms with Crippen molar-refractivity contribution < 1.29 is 28.6 Å². The van der Waals surface area contributed by atoms with Gasteiger partial charge in [0.1, 0.15) is 17.9 Å². The molecule has 1 aromatic heterocycles. The van der Waals surface area contributed by atoms with Crippen LogP contribution in [0.2, 0.25) is 5.02 Å². The predicted octanol–water partition coefficient (Wildman–Crippen LogP) is 2.03. The van der Waals surface area contributed by atoms with Crippen LogP contribution in [-0.2, 0) is 14.3 Å². The number of likely N-dealkylation sites (N-methyl/N-ethyl adjacent to an activating group) is 1. The fourth-order valence-corrected chi connectivity index (χ4v) is 7.28. The third-order valence-corrected chi connectivity index (χ3v) is 9.63. The van der Waals surface area contributed by atoms with E-state index in [9.17, 15) is 23.9 Å². The van der Waals surface area contributed by atoms with Gasteiger partial charge in [-0.15, -0.1) is 11.3 Å². The number of ether oxygens (including phenoxy) is 1. The number of carbonyl (C=O) groups is 3.